The molecule has 0 spiro atoms. The van der Waals surface area contributed by atoms with Crippen molar-refractivity contribution in [3.05, 3.63) is 11.6 Å². The summed E-state index contributed by atoms with van der Waals surface area (Å²) in [7, 11) is 0. The van der Waals surface area contributed by atoms with Crippen LogP contribution < -0.4 is 5.32 Å². The zero-order valence-corrected chi connectivity index (χ0v) is 12.8. The first kappa shape index (κ1) is 14.3. The summed E-state index contributed by atoms with van der Waals surface area (Å²) in [5.74, 6) is 0.0380. The highest BCUT2D eigenvalue weighted by molar-refractivity contribution is 7.04. The first-order chi connectivity index (χ1) is 10.2. The van der Waals surface area contributed by atoms with Crippen LogP contribution >= 0.6 is 11.5 Å². The second kappa shape index (κ2) is 6.43. The summed E-state index contributed by atoms with van der Waals surface area (Å²) >= 11 is 1.32. The van der Waals surface area contributed by atoms with Crippen molar-refractivity contribution >= 4 is 29.2 Å². The van der Waals surface area contributed by atoms with E-state index in [9.17, 15) is 9.59 Å². The topological polar surface area (TPSA) is 65.5 Å². The normalized spacial score (nSPS) is 19.8. The Morgan fingerprint density at radius 3 is 2.43 bits per heavy atom. The second-order valence-electron chi connectivity index (χ2n) is 5.64. The van der Waals surface area contributed by atoms with Crippen molar-refractivity contribution in [2.45, 2.75) is 25.7 Å². The molecule has 2 aliphatic heterocycles. The second-order valence-corrected chi connectivity index (χ2v) is 6.30. The van der Waals surface area contributed by atoms with E-state index in [-0.39, 0.29) is 17.9 Å². The highest BCUT2D eigenvalue weighted by Gasteiger charge is 2.30. The van der Waals surface area contributed by atoms with Crippen LogP contribution in [0.2, 0.25) is 0 Å². The quantitative estimate of drug-likeness (QED) is 0.909. The fraction of sp³-hybridized carbons (Fsp3) is 0.643. The minimum Gasteiger partial charge on any atom is -0.325 e. The number of anilines is 1. The molecule has 1 N–H and O–H groups in total. The molecule has 0 unspecified atom stereocenters. The predicted octanol–water partition coefficient (Wildman–Crippen LogP) is 2.01. The van der Waals surface area contributed by atoms with Crippen LogP contribution in [-0.4, -0.2) is 52.3 Å². The number of nitrogens with zero attached hydrogens (tertiary/aromatic N) is 3. The Hall–Kier alpha value is -1.63. The van der Waals surface area contributed by atoms with Gasteiger partial charge in [-0.2, -0.15) is 4.37 Å². The number of hydrogen-bond acceptors (Lipinski definition) is 4. The fourth-order valence-corrected chi connectivity index (χ4v) is 3.42. The molecule has 3 heterocycles. The third kappa shape index (κ3) is 3.34. The molecule has 7 heteroatoms. The Morgan fingerprint density at radius 1 is 1.14 bits per heavy atom. The summed E-state index contributed by atoms with van der Waals surface area (Å²) in [6, 6.07) is 0.147. The Kier molecular flexibility index (Phi) is 4.38. The molecule has 1 aromatic rings. The number of carbonyl (C=O) groups excluding carboxylic acids is 2. The highest BCUT2D eigenvalue weighted by Crippen LogP contribution is 2.21. The van der Waals surface area contributed by atoms with Gasteiger partial charge in [-0.15, -0.1) is 0 Å². The molecule has 0 atom stereocenters. The van der Waals surface area contributed by atoms with Crippen molar-refractivity contribution in [3.63, 3.8) is 0 Å². The van der Waals surface area contributed by atoms with Crippen LogP contribution in [0.5, 0.6) is 0 Å². The number of likely N-dealkylation sites (tertiary alicyclic amines) is 2. The zero-order chi connectivity index (χ0) is 14.7. The minimum absolute atomic E-state index is 0.00692. The predicted molar refractivity (Wildman–Crippen MR) is 81.2 cm³/mol. The monoisotopic (exact) mass is 308 g/mol. The van der Waals surface area contributed by atoms with Gasteiger partial charge in [0.05, 0.1) is 11.9 Å². The summed E-state index contributed by atoms with van der Waals surface area (Å²) in [6.07, 6.45) is 5.36. The number of nitrogens with one attached hydrogen (secondary N) is 1. The van der Waals surface area contributed by atoms with Crippen LogP contribution in [0.25, 0.3) is 0 Å². The van der Waals surface area contributed by atoms with Gasteiger partial charge in [0.1, 0.15) is 0 Å². The summed E-state index contributed by atoms with van der Waals surface area (Å²) in [5, 5.41) is 4.71. The van der Waals surface area contributed by atoms with Gasteiger partial charge in [-0.05, 0) is 37.2 Å². The van der Waals surface area contributed by atoms with Gasteiger partial charge in [-0.25, -0.2) is 4.79 Å². The molecule has 1 aromatic heterocycles. The van der Waals surface area contributed by atoms with Gasteiger partial charge in [0.2, 0.25) is 5.91 Å². The van der Waals surface area contributed by atoms with Crippen LogP contribution in [0.1, 0.15) is 25.7 Å². The van der Waals surface area contributed by atoms with Gasteiger partial charge in [0.25, 0.3) is 0 Å². The Morgan fingerprint density at radius 2 is 1.81 bits per heavy atom. The molecule has 0 saturated carbocycles. The van der Waals surface area contributed by atoms with Gasteiger partial charge in [0.15, 0.2) is 0 Å². The van der Waals surface area contributed by atoms with Gasteiger partial charge in [0, 0.05) is 37.5 Å². The molecule has 0 aromatic carbocycles. The molecular weight excluding hydrogens is 288 g/mol. The van der Waals surface area contributed by atoms with E-state index >= 15 is 0 Å². The van der Waals surface area contributed by atoms with Crippen molar-refractivity contribution < 1.29 is 9.59 Å². The number of rotatable bonds is 2. The lowest BCUT2D eigenvalue weighted by molar-refractivity contribution is -0.121. The molecule has 0 radical (unpaired) electrons. The maximum absolute atomic E-state index is 12.3. The maximum Gasteiger partial charge on any atom is 0.319 e. The zero-order valence-electron chi connectivity index (χ0n) is 12.0. The standard InChI is InChI=1S/C14H20N4O2S/c19-13(16-12-9-15-21-10-12)11-3-7-18(8-4-11)14(20)17-5-1-2-6-17/h9-11H,1-8H2,(H,16,19). The lowest BCUT2D eigenvalue weighted by atomic mass is 9.96. The number of piperidine rings is 1. The lowest BCUT2D eigenvalue weighted by Gasteiger charge is -2.33. The van der Waals surface area contributed by atoms with E-state index in [0.29, 0.717) is 13.1 Å². The van der Waals surface area contributed by atoms with E-state index in [4.69, 9.17) is 0 Å². The van der Waals surface area contributed by atoms with Crippen molar-refractivity contribution in [1.29, 1.82) is 0 Å². The van der Waals surface area contributed by atoms with E-state index < -0.39 is 0 Å². The highest BCUT2D eigenvalue weighted by atomic mass is 32.1. The van der Waals surface area contributed by atoms with Crippen LogP contribution in [0, 0.1) is 5.92 Å². The van der Waals surface area contributed by atoms with E-state index in [1.54, 1.807) is 6.20 Å². The third-order valence-corrected chi connectivity index (χ3v) is 4.80. The minimum atomic E-state index is -0.00692. The smallest absolute Gasteiger partial charge is 0.319 e. The first-order valence-corrected chi connectivity index (χ1v) is 8.32. The molecule has 114 valence electrons. The average molecular weight is 308 g/mol. The molecule has 21 heavy (non-hydrogen) atoms. The molecule has 3 rings (SSSR count). The van der Waals surface area contributed by atoms with E-state index in [1.165, 1.54) is 11.5 Å². The van der Waals surface area contributed by atoms with Crippen LogP contribution in [0.15, 0.2) is 11.6 Å². The van der Waals surface area contributed by atoms with Gasteiger partial charge in [-0.3, -0.25) is 4.79 Å². The average Bonchev–Trinajstić information content (AvgIpc) is 3.20. The molecule has 2 saturated heterocycles. The SMILES string of the molecule is O=C(Nc1cnsc1)C1CCN(C(=O)N2CCCC2)CC1. The molecule has 0 bridgehead atoms. The molecule has 3 amide bonds. The Bertz CT molecular complexity index is 491. The molecule has 2 fully saturated rings. The number of carbonyl (C=O) groups is 2. The third-order valence-electron chi connectivity index (χ3n) is 4.21. The summed E-state index contributed by atoms with van der Waals surface area (Å²) in [6.45, 7) is 3.11. The Balaban J connectivity index is 1.48. The maximum atomic E-state index is 12.3. The van der Waals surface area contributed by atoms with Crippen LogP contribution in [-0.2, 0) is 4.79 Å². The van der Waals surface area contributed by atoms with Crippen LogP contribution in [0.3, 0.4) is 0 Å². The van der Waals surface area contributed by atoms with Gasteiger partial charge in [-0.1, -0.05) is 0 Å². The summed E-state index contributed by atoms with van der Waals surface area (Å²) < 4.78 is 3.97. The molecule has 6 nitrogen and oxygen atoms in total. The van der Waals surface area contributed by atoms with Gasteiger partial charge < -0.3 is 15.1 Å². The summed E-state index contributed by atoms with van der Waals surface area (Å²) in [5.41, 5.74) is 0.764. The van der Waals surface area contributed by atoms with E-state index in [1.807, 2.05) is 15.2 Å². The lowest BCUT2D eigenvalue weighted by Crippen LogP contribution is -2.47. The van der Waals surface area contributed by atoms with E-state index in [0.717, 1.165) is 44.5 Å². The fourth-order valence-electron chi connectivity index (χ4n) is 2.95. The van der Waals surface area contributed by atoms with Crippen molar-refractivity contribution in [3.8, 4) is 0 Å². The van der Waals surface area contributed by atoms with Gasteiger partial charge >= 0.3 is 6.03 Å². The first-order valence-electron chi connectivity index (χ1n) is 7.48. The van der Waals surface area contributed by atoms with E-state index in [2.05, 4.69) is 9.69 Å². The van der Waals surface area contributed by atoms with Crippen LogP contribution in [0.4, 0.5) is 10.5 Å². The van der Waals surface area contributed by atoms with Crippen molar-refractivity contribution in [2.75, 3.05) is 31.5 Å². The van der Waals surface area contributed by atoms with Crippen molar-refractivity contribution in [1.82, 2.24) is 14.2 Å². The molecular formula is C14H20N4O2S. The van der Waals surface area contributed by atoms with Crippen molar-refractivity contribution in [2.24, 2.45) is 5.92 Å². The number of amides is 3. The molecule has 2 aliphatic rings. The number of aromatic nitrogens is 1. The largest absolute Gasteiger partial charge is 0.325 e. The Labute approximate surface area is 128 Å². The number of hydrogen-bond donors (Lipinski definition) is 1. The summed E-state index contributed by atoms with van der Waals surface area (Å²) in [4.78, 5) is 28.2. The molecule has 0 aliphatic carbocycles. The number of urea groups is 1.